The molecule has 0 radical (unpaired) electrons. The van der Waals surface area contributed by atoms with E-state index in [4.69, 9.17) is 28.4 Å². The Morgan fingerprint density at radius 3 is 1.23 bits per heavy atom. The van der Waals surface area contributed by atoms with Gasteiger partial charge in [0.2, 0.25) is 5.91 Å². The Morgan fingerprint density at radius 1 is 0.420 bits per heavy atom. The van der Waals surface area contributed by atoms with Crippen LogP contribution in [0.5, 0.6) is 0 Å². The Morgan fingerprint density at radius 2 is 0.784 bits per heavy atom. The second kappa shape index (κ2) is 51.0. The van der Waals surface area contributed by atoms with Crippen LogP contribution < -0.4 is 5.32 Å². The second-order valence-corrected chi connectivity index (χ2v) is 24.6. The summed E-state index contributed by atoms with van der Waals surface area (Å²) in [5.74, 6) is -0.261. The molecule has 17 atom stereocenters. The maximum Gasteiger partial charge on any atom is 0.220 e. The van der Waals surface area contributed by atoms with Gasteiger partial charge in [-0.25, -0.2) is 0 Å². The van der Waals surface area contributed by atoms with Crippen LogP contribution in [0.25, 0.3) is 0 Å². The Kier molecular flexibility index (Phi) is 46.2. The van der Waals surface area contributed by atoms with Crippen LogP contribution in [0.15, 0.2) is 60.8 Å². The first-order valence-electron chi connectivity index (χ1n) is 34.5. The predicted octanol–water partition coefficient (Wildman–Crippen LogP) is 8.77. The molecule has 19 nitrogen and oxygen atoms in total. The summed E-state index contributed by atoms with van der Waals surface area (Å²) >= 11 is 0. The molecule has 0 spiro atoms. The number of unbranched alkanes of at least 4 members (excludes halogenated alkanes) is 26. The van der Waals surface area contributed by atoms with Crippen LogP contribution in [0.1, 0.15) is 239 Å². The van der Waals surface area contributed by atoms with Crippen LogP contribution in [-0.2, 0) is 33.2 Å². The summed E-state index contributed by atoms with van der Waals surface area (Å²) in [7, 11) is 0. The zero-order valence-corrected chi connectivity index (χ0v) is 53.9. The Hall–Kier alpha value is -2.51. The fourth-order valence-electron chi connectivity index (χ4n) is 11.5. The molecule has 12 N–H and O–H groups in total. The van der Waals surface area contributed by atoms with Crippen molar-refractivity contribution in [1.82, 2.24) is 5.32 Å². The minimum atomic E-state index is -1.98. The fourth-order valence-corrected chi connectivity index (χ4v) is 11.5. The van der Waals surface area contributed by atoms with Crippen molar-refractivity contribution in [3.63, 3.8) is 0 Å². The molecule has 17 unspecified atom stereocenters. The van der Waals surface area contributed by atoms with Crippen molar-refractivity contribution >= 4 is 5.91 Å². The van der Waals surface area contributed by atoms with Gasteiger partial charge in [0.25, 0.3) is 0 Å². The van der Waals surface area contributed by atoms with Gasteiger partial charge in [-0.2, -0.15) is 0 Å². The lowest BCUT2D eigenvalue weighted by molar-refractivity contribution is -0.379. The number of rotatable bonds is 52. The third-order valence-corrected chi connectivity index (χ3v) is 17.1. The average Bonchev–Trinajstić information content (AvgIpc) is 3.72. The van der Waals surface area contributed by atoms with E-state index in [-0.39, 0.29) is 18.9 Å². The summed E-state index contributed by atoms with van der Waals surface area (Å²) < 4.78 is 34.4. The summed E-state index contributed by atoms with van der Waals surface area (Å²) in [4.78, 5) is 13.4. The molecule has 3 aliphatic heterocycles. The van der Waals surface area contributed by atoms with Gasteiger partial charge in [0.1, 0.15) is 73.2 Å². The largest absolute Gasteiger partial charge is 0.394 e. The molecule has 3 rings (SSSR count). The van der Waals surface area contributed by atoms with E-state index in [1.807, 2.05) is 0 Å². The van der Waals surface area contributed by atoms with Crippen LogP contribution in [0.3, 0.4) is 0 Å². The van der Waals surface area contributed by atoms with Crippen molar-refractivity contribution in [2.45, 2.75) is 343 Å². The SMILES string of the molecule is CC/C=C\C/C=C\C/C=C\C/C=C\C/C=C\CCCCCCCC(=O)NC(COC1OC(CO)C(OC2OC(CO)C(OC3OC(CO)C(O)C(O)C3O)C(O)C2O)C(O)C1O)C(O)CCCCCCCCCCCCCCCCCCCCCCCC. The Balaban J connectivity index is 1.45. The normalized spacial score (nSPS) is 28.8. The fraction of sp³-hybridized carbons (Fsp3) is 0.841. The van der Waals surface area contributed by atoms with E-state index in [9.17, 15) is 61.0 Å². The first-order chi connectivity index (χ1) is 42.8. The quantitative estimate of drug-likeness (QED) is 0.0200. The Labute approximate surface area is 528 Å². The van der Waals surface area contributed by atoms with E-state index in [0.717, 1.165) is 89.9 Å². The standard InChI is InChI=1S/C69H123NO18/c1-3-5-7-9-11-13-15-17-19-21-23-25-27-28-30-32-34-36-38-40-42-44-46-53(74)52(70-57(75)47-45-43-41-39-37-35-33-31-29-26-24-22-20-18-16-14-12-10-8-6-4-2)51-83-67-63(81)60(78)65(55(49-72)85-67)88-69-64(82)61(79)66(56(50-73)86-69)87-68-62(80)59(77)58(76)54(48-71)84-68/h6,8,12,14,18,20,24,26,31,33,52-56,58-69,71-74,76-82H,3-5,7,9-11,13,15-17,19,21-23,25,27-30,32,34-51H2,1-2H3,(H,70,75)/b8-6-,14-12-,20-18-,26-24-,33-31-. The third kappa shape index (κ3) is 32.9. The van der Waals surface area contributed by atoms with Gasteiger partial charge in [0, 0.05) is 6.42 Å². The van der Waals surface area contributed by atoms with Crippen molar-refractivity contribution < 1.29 is 89.4 Å². The lowest BCUT2D eigenvalue weighted by Crippen LogP contribution is -2.66. The molecule has 0 aliphatic carbocycles. The molecule has 1 amide bonds. The van der Waals surface area contributed by atoms with Crippen molar-refractivity contribution in [1.29, 1.82) is 0 Å². The van der Waals surface area contributed by atoms with Gasteiger partial charge in [0.15, 0.2) is 18.9 Å². The van der Waals surface area contributed by atoms with Gasteiger partial charge in [-0.15, -0.1) is 0 Å². The minimum Gasteiger partial charge on any atom is -0.394 e. The van der Waals surface area contributed by atoms with Gasteiger partial charge in [-0.05, 0) is 57.8 Å². The summed E-state index contributed by atoms with van der Waals surface area (Å²) in [5.41, 5.74) is 0. The topological polar surface area (TPSA) is 307 Å². The predicted molar refractivity (Wildman–Crippen MR) is 342 cm³/mol. The van der Waals surface area contributed by atoms with Gasteiger partial charge in [-0.1, -0.05) is 235 Å². The molecule has 3 aliphatic rings. The molecule has 0 bridgehead atoms. The number of carbonyl (C=O) groups excluding carboxylic acids is 1. The van der Waals surface area contributed by atoms with Crippen molar-refractivity contribution in [3.8, 4) is 0 Å². The highest BCUT2D eigenvalue weighted by Crippen LogP contribution is 2.33. The maximum absolute atomic E-state index is 13.4. The number of aliphatic hydroxyl groups excluding tert-OH is 11. The monoisotopic (exact) mass is 1250 g/mol. The average molecular weight is 1250 g/mol. The minimum absolute atomic E-state index is 0.242. The van der Waals surface area contributed by atoms with E-state index in [1.54, 1.807) is 0 Å². The highest BCUT2D eigenvalue weighted by Gasteiger charge is 2.53. The smallest absolute Gasteiger partial charge is 0.220 e. The molecule has 512 valence electrons. The molecule has 3 fully saturated rings. The van der Waals surface area contributed by atoms with E-state index in [0.29, 0.717) is 12.8 Å². The summed E-state index contributed by atoms with van der Waals surface area (Å²) in [6.45, 7) is 1.68. The highest BCUT2D eigenvalue weighted by molar-refractivity contribution is 5.76. The molecule has 3 heterocycles. The first-order valence-corrected chi connectivity index (χ1v) is 34.5. The third-order valence-electron chi connectivity index (χ3n) is 17.1. The number of hydrogen-bond acceptors (Lipinski definition) is 18. The van der Waals surface area contributed by atoms with Gasteiger partial charge >= 0.3 is 0 Å². The molecule has 88 heavy (non-hydrogen) atoms. The number of amides is 1. The first kappa shape index (κ1) is 79.7. The molecule has 0 aromatic carbocycles. The summed E-state index contributed by atoms with van der Waals surface area (Å²) in [5, 5.41) is 121. The zero-order valence-electron chi connectivity index (χ0n) is 53.9. The van der Waals surface area contributed by atoms with E-state index in [2.05, 4.69) is 79.9 Å². The lowest BCUT2D eigenvalue weighted by atomic mass is 9.96. The number of allylic oxidation sites excluding steroid dienone is 10. The molecule has 0 aromatic heterocycles. The summed E-state index contributed by atoms with van der Waals surface area (Å²) in [6.07, 6.45) is 34.3. The van der Waals surface area contributed by atoms with E-state index >= 15 is 0 Å². The lowest BCUT2D eigenvalue weighted by Gasteiger charge is -2.48. The maximum atomic E-state index is 13.4. The zero-order chi connectivity index (χ0) is 64.0. The van der Waals surface area contributed by atoms with Crippen molar-refractivity contribution in [2.24, 2.45) is 0 Å². The van der Waals surface area contributed by atoms with Crippen LogP contribution in [0.4, 0.5) is 0 Å². The van der Waals surface area contributed by atoms with Crippen molar-refractivity contribution in [3.05, 3.63) is 60.8 Å². The molecule has 0 saturated carbocycles. The number of carbonyl (C=O) groups is 1. The molecule has 3 saturated heterocycles. The van der Waals surface area contributed by atoms with Gasteiger partial charge < -0.3 is 89.9 Å². The number of hydrogen-bond donors (Lipinski definition) is 12. The summed E-state index contributed by atoms with van der Waals surface area (Å²) in [6, 6.07) is -0.902. The van der Waals surface area contributed by atoms with Crippen LogP contribution >= 0.6 is 0 Å². The van der Waals surface area contributed by atoms with Gasteiger partial charge in [0.05, 0.1) is 38.6 Å². The molecule has 0 aromatic rings. The highest BCUT2D eigenvalue weighted by atomic mass is 16.8. The number of aliphatic hydroxyl groups is 11. The molecular formula is C69H123NO18. The second-order valence-electron chi connectivity index (χ2n) is 24.6. The van der Waals surface area contributed by atoms with Crippen LogP contribution in [0.2, 0.25) is 0 Å². The van der Waals surface area contributed by atoms with Crippen LogP contribution in [0, 0.1) is 0 Å². The van der Waals surface area contributed by atoms with Crippen molar-refractivity contribution in [2.75, 3.05) is 26.4 Å². The van der Waals surface area contributed by atoms with Gasteiger partial charge in [-0.3, -0.25) is 4.79 Å². The molecule has 19 heteroatoms. The number of ether oxygens (including phenoxy) is 6. The van der Waals surface area contributed by atoms with Crippen LogP contribution in [-0.4, -0.2) is 193 Å². The molecular weight excluding hydrogens is 1130 g/mol. The Bertz CT molecular complexity index is 1830. The van der Waals surface area contributed by atoms with E-state index < -0.39 is 124 Å². The number of nitrogens with one attached hydrogen (secondary N) is 1. The van der Waals surface area contributed by atoms with E-state index in [1.165, 1.54) is 116 Å².